The third-order valence-electron chi connectivity index (χ3n) is 1.65. The first-order valence-corrected chi connectivity index (χ1v) is 4.95. The molecule has 3 heteroatoms. The summed E-state index contributed by atoms with van der Waals surface area (Å²) in [5, 5.41) is 2.04. The van der Waals surface area contributed by atoms with Crippen LogP contribution in [0.3, 0.4) is 0 Å². The summed E-state index contributed by atoms with van der Waals surface area (Å²) in [6, 6.07) is 4.16. The Balaban J connectivity index is 2.56. The van der Waals surface area contributed by atoms with Gasteiger partial charge in [-0.05, 0) is 31.7 Å². The van der Waals surface area contributed by atoms with E-state index in [1.54, 1.807) is 11.3 Å². The molecule has 0 aliphatic carbocycles. The normalized spacial score (nSPS) is 14.7. The Morgan fingerprint density at radius 1 is 1.58 bits per heavy atom. The van der Waals surface area contributed by atoms with E-state index in [-0.39, 0.29) is 11.6 Å². The van der Waals surface area contributed by atoms with Gasteiger partial charge < -0.3 is 11.5 Å². The van der Waals surface area contributed by atoms with Crippen molar-refractivity contribution in [3.8, 4) is 0 Å². The van der Waals surface area contributed by atoms with Crippen LogP contribution in [0.1, 0.15) is 31.2 Å². The Hall–Kier alpha value is -0.380. The fraction of sp³-hybridized carbons (Fsp3) is 0.556. The number of nitrogens with two attached hydrogens (primary N) is 2. The van der Waals surface area contributed by atoms with Crippen LogP contribution in [0.15, 0.2) is 17.5 Å². The molecule has 1 unspecified atom stereocenters. The Bertz CT molecular complexity index is 223. The van der Waals surface area contributed by atoms with E-state index in [4.69, 9.17) is 11.5 Å². The van der Waals surface area contributed by atoms with Crippen LogP contribution in [-0.4, -0.2) is 5.54 Å². The van der Waals surface area contributed by atoms with Crippen LogP contribution in [0, 0.1) is 0 Å². The molecular formula is C9H16N2S. The second kappa shape index (κ2) is 3.56. The molecular weight excluding hydrogens is 168 g/mol. The first-order valence-electron chi connectivity index (χ1n) is 4.07. The van der Waals surface area contributed by atoms with Gasteiger partial charge in [-0.2, -0.15) is 0 Å². The van der Waals surface area contributed by atoms with Gasteiger partial charge in [-0.3, -0.25) is 0 Å². The van der Waals surface area contributed by atoms with Crippen LogP contribution in [0.2, 0.25) is 0 Å². The Kier molecular flexibility index (Phi) is 2.88. The fourth-order valence-corrected chi connectivity index (χ4v) is 1.90. The van der Waals surface area contributed by atoms with Gasteiger partial charge in [0.2, 0.25) is 0 Å². The molecule has 0 aliphatic rings. The van der Waals surface area contributed by atoms with Crippen molar-refractivity contribution in [2.45, 2.75) is 31.8 Å². The minimum absolute atomic E-state index is 0.0880. The molecule has 1 heterocycles. The minimum Gasteiger partial charge on any atom is -0.325 e. The van der Waals surface area contributed by atoms with Gasteiger partial charge in [0.25, 0.3) is 0 Å². The lowest BCUT2D eigenvalue weighted by Gasteiger charge is -2.22. The number of thiophene rings is 1. The highest BCUT2D eigenvalue weighted by Crippen LogP contribution is 2.23. The first kappa shape index (κ1) is 9.71. The Morgan fingerprint density at radius 2 is 2.25 bits per heavy atom. The average Bonchev–Trinajstić information content (AvgIpc) is 2.32. The fourth-order valence-electron chi connectivity index (χ4n) is 1.17. The van der Waals surface area contributed by atoms with E-state index in [0.717, 1.165) is 6.42 Å². The van der Waals surface area contributed by atoms with Gasteiger partial charge in [0, 0.05) is 16.5 Å². The predicted octanol–water partition coefficient (Wildman–Crippen LogP) is 1.88. The van der Waals surface area contributed by atoms with Crippen LogP contribution < -0.4 is 11.5 Å². The highest BCUT2D eigenvalue weighted by Gasteiger charge is 2.17. The third-order valence-corrected chi connectivity index (χ3v) is 2.66. The van der Waals surface area contributed by atoms with Crippen LogP contribution in [0.25, 0.3) is 0 Å². The first-order chi connectivity index (χ1) is 5.49. The molecule has 1 atom stereocenters. The Morgan fingerprint density at radius 3 is 2.67 bits per heavy atom. The zero-order valence-electron chi connectivity index (χ0n) is 7.58. The highest BCUT2D eigenvalue weighted by atomic mass is 32.1. The second-order valence-electron chi connectivity index (χ2n) is 3.81. The van der Waals surface area contributed by atoms with Crippen LogP contribution in [-0.2, 0) is 0 Å². The molecule has 2 nitrogen and oxygen atoms in total. The molecule has 0 aliphatic heterocycles. The molecule has 4 N–H and O–H groups in total. The molecule has 0 aromatic carbocycles. The van der Waals surface area contributed by atoms with E-state index in [0.29, 0.717) is 0 Å². The van der Waals surface area contributed by atoms with Gasteiger partial charge in [0.15, 0.2) is 0 Å². The summed E-state index contributed by atoms with van der Waals surface area (Å²) in [7, 11) is 0. The third kappa shape index (κ3) is 2.93. The summed E-state index contributed by atoms with van der Waals surface area (Å²) < 4.78 is 0. The monoisotopic (exact) mass is 184 g/mol. The summed E-state index contributed by atoms with van der Waals surface area (Å²) in [6.45, 7) is 4.00. The van der Waals surface area contributed by atoms with Crippen molar-refractivity contribution >= 4 is 11.3 Å². The van der Waals surface area contributed by atoms with Gasteiger partial charge in [0.05, 0.1) is 0 Å². The lowest BCUT2D eigenvalue weighted by Crippen LogP contribution is -2.35. The van der Waals surface area contributed by atoms with Crippen molar-refractivity contribution in [1.29, 1.82) is 0 Å². The molecule has 0 radical (unpaired) electrons. The molecule has 12 heavy (non-hydrogen) atoms. The van der Waals surface area contributed by atoms with Gasteiger partial charge in [-0.15, -0.1) is 11.3 Å². The van der Waals surface area contributed by atoms with E-state index in [2.05, 4.69) is 6.07 Å². The Labute approximate surface area is 77.6 Å². The van der Waals surface area contributed by atoms with Gasteiger partial charge in [-0.25, -0.2) is 0 Å². The maximum absolute atomic E-state index is 5.96. The topological polar surface area (TPSA) is 52.0 Å². The molecule has 0 amide bonds. The largest absolute Gasteiger partial charge is 0.325 e. The summed E-state index contributed by atoms with van der Waals surface area (Å²) in [5.74, 6) is 0. The van der Waals surface area contributed by atoms with Crippen molar-refractivity contribution in [3.63, 3.8) is 0 Å². The molecule has 0 fully saturated rings. The molecule has 0 saturated carbocycles. The lowest BCUT2D eigenvalue weighted by molar-refractivity contribution is 0.432. The molecule has 1 rings (SSSR count). The van der Waals surface area contributed by atoms with Crippen molar-refractivity contribution in [2.24, 2.45) is 11.5 Å². The summed E-state index contributed by atoms with van der Waals surface area (Å²) in [6.07, 6.45) is 0.827. The quantitative estimate of drug-likeness (QED) is 0.753. The lowest BCUT2D eigenvalue weighted by atomic mass is 9.96. The molecule has 0 saturated heterocycles. The van der Waals surface area contributed by atoms with Gasteiger partial charge >= 0.3 is 0 Å². The van der Waals surface area contributed by atoms with Crippen molar-refractivity contribution < 1.29 is 0 Å². The van der Waals surface area contributed by atoms with E-state index in [9.17, 15) is 0 Å². The zero-order chi connectivity index (χ0) is 9.19. The summed E-state index contributed by atoms with van der Waals surface area (Å²) in [5.41, 5.74) is 11.6. The van der Waals surface area contributed by atoms with Crippen LogP contribution in [0.4, 0.5) is 0 Å². The number of hydrogen-bond acceptors (Lipinski definition) is 3. The predicted molar refractivity (Wildman–Crippen MR) is 54.1 cm³/mol. The van der Waals surface area contributed by atoms with Gasteiger partial charge in [0.1, 0.15) is 0 Å². The van der Waals surface area contributed by atoms with E-state index in [1.165, 1.54) is 4.88 Å². The van der Waals surface area contributed by atoms with E-state index < -0.39 is 0 Å². The van der Waals surface area contributed by atoms with Crippen LogP contribution >= 0.6 is 11.3 Å². The molecule has 0 spiro atoms. The second-order valence-corrected chi connectivity index (χ2v) is 4.79. The van der Waals surface area contributed by atoms with Crippen molar-refractivity contribution in [3.05, 3.63) is 22.4 Å². The number of hydrogen-bond donors (Lipinski definition) is 2. The van der Waals surface area contributed by atoms with E-state index >= 15 is 0 Å². The molecule has 68 valence electrons. The van der Waals surface area contributed by atoms with Crippen molar-refractivity contribution in [2.75, 3.05) is 0 Å². The van der Waals surface area contributed by atoms with Crippen LogP contribution in [0.5, 0.6) is 0 Å². The SMILES string of the molecule is CC(C)(N)CC(N)c1cccs1. The standard InChI is InChI=1S/C9H16N2S/c1-9(2,11)6-7(10)8-4-3-5-12-8/h3-5,7H,6,10-11H2,1-2H3. The average molecular weight is 184 g/mol. The number of rotatable bonds is 3. The summed E-state index contributed by atoms with van der Waals surface area (Å²) in [4.78, 5) is 1.22. The molecule has 1 aromatic heterocycles. The maximum atomic E-state index is 5.96. The van der Waals surface area contributed by atoms with Crippen molar-refractivity contribution in [1.82, 2.24) is 0 Å². The minimum atomic E-state index is -0.177. The molecule has 1 aromatic rings. The van der Waals surface area contributed by atoms with E-state index in [1.807, 2.05) is 25.3 Å². The maximum Gasteiger partial charge on any atom is 0.0407 e. The summed E-state index contributed by atoms with van der Waals surface area (Å²) >= 11 is 1.69. The molecule has 0 bridgehead atoms. The smallest absolute Gasteiger partial charge is 0.0407 e. The van der Waals surface area contributed by atoms with Gasteiger partial charge in [-0.1, -0.05) is 6.07 Å². The zero-order valence-corrected chi connectivity index (χ0v) is 8.40. The highest BCUT2D eigenvalue weighted by molar-refractivity contribution is 7.10.